The maximum atomic E-state index is 2.42. The van der Waals surface area contributed by atoms with E-state index >= 15 is 0 Å². The average Bonchev–Trinajstić information content (AvgIpc) is 2.96. The first-order chi connectivity index (χ1) is 17.8. The molecule has 0 spiro atoms. The Bertz CT molecular complexity index is 1680. The third-order valence-electron chi connectivity index (χ3n) is 8.39. The monoisotopic (exact) mass is 462 g/mol. The van der Waals surface area contributed by atoms with E-state index in [0.29, 0.717) is 5.92 Å². The van der Waals surface area contributed by atoms with Crippen LogP contribution in [0.3, 0.4) is 0 Å². The molecule has 0 nitrogen and oxygen atoms in total. The normalized spacial score (nSPS) is 15.7. The van der Waals surface area contributed by atoms with Crippen LogP contribution in [-0.4, -0.2) is 0 Å². The Morgan fingerprint density at radius 3 is 2.36 bits per heavy atom. The van der Waals surface area contributed by atoms with Gasteiger partial charge in [-0.3, -0.25) is 0 Å². The van der Waals surface area contributed by atoms with Gasteiger partial charge < -0.3 is 0 Å². The van der Waals surface area contributed by atoms with Gasteiger partial charge in [0.15, 0.2) is 0 Å². The van der Waals surface area contributed by atoms with Crippen LogP contribution in [0.2, 0.25) is 0 Å². The molecule has 2 aliphatic rings. The SMILES string of the molecule is CC(c1ccccc1)c1c(-c2ccc3c4c(ccc3c2)C2=C(CCC=C2)CC4)ccc2ccccc12. The first kappa shape index (κ1) is 21.4. The largest absolute Gasteiger partial charge is 0.0836 e. The van der Waals surface area contributed by atoms with Gasteiger partial charge in [-0.05, 0) is 92.2 Å². The summed E-state index contributed by atoms with van der Waals surface area (Å²) in [5.41, 5.74) is 11.5. The molecule has 0 amide bonds. The van der Waals surface area contributed by atoms with E-state index in [9.17, 15) is 0 Å². The van der Waals surface area contributed by atoms with Crippen molar-refractivity contribution >= 4 is 27.1 Å². The van der Waals surface area contributed by atoms with E-state index in [2.05, 4.69) is 116 Å². The maximum absolute atomic E-state index is 2.42. The number of aryl methyl sites for hydroxylation is 1. The van der Waals surface area contributed by atoms with Crippen molar-refractivity contribution in [1.29, 1.82) is 0 Å². The lowest BCUT2D eigenvalue weighted by Crippen LogP contribution is -2.07. The Morgan fingerprint density at radius 1 is 0.639 bits per heavy atom. The number of hydrogen-bond acceptors (Lipinski definition) is 0. The fourth-order valence-electron chi connectivity index (χ4n) is 6.53. The van der Waals surface area contributed by atoms with Crippen LogP contribution in [0.15, 0.2) is 115 Å². The minimum absolute atomic E-state index is 0.301. The predicted octanol–water partition coefficient (Wildman–Crippen LogP) is 9.86. The highest BCUT2D eigenvalue weighted by Gasteiger charge is 2.22. The van der Waals surface area contributed by atoms with Crippen LogP contribution in [0.5, 0.6) is 0 Å². The van der Waals surface area contributed by atoms with E-state index < -0.39 is 0 Å². The highest BCUT2D eigenvalue weighted by atomic mass is 14.3. The second-order valence-corrected chi connectivity index (χ2v) is 10.4. The van der Waals surface area contributed by atoms with Crippen molar-refractivity contribution < 1.29 is 0 Å². The third kappa shape index (κ3) is 3.44. The molecule has 5 aromatic carbocycles. The molecule has 1 unspecified atom stereocenters. The van der Waals surface area contributed by atoms with Crippen LogP contribution >= 0.6 is 0 Å². The fourth-order valence-corrected chi connectivity index (χ4v) is 6.53. The summed E-state index contributed by atoms with van der Waals surface area (Å²) in [6, 6.07) is 36.2. The summed E-state index contributed by atoms with van der Waals surface area (Å²) in [6.07, 6.45) is 9.49. The molecule has 174 valence electrons. The molecule has 2 aliphatic carbocycles. The summed E-state index contributed by atoms with van der Waals surface area (Å²) in [7, 11) is 0. The van der Waals surface area contributed by atoms with Gasteiger partial charge in [0.25, 0.3) is 0 Å². The molecule has 0 saturated carbocycles. The van der Waals surface area contributed by atoms with Crippen molar-refractivity contribution in [1.82, 2.24) is 0 Å². The van der Waals surface area contributed by atoms with Gasteiger partial charge in [-0.2, -0.15) is 0 Å². The zero-order valence-electron chi connectivity index (χ0n) is 20.8. The first-order valence-corrected chi connectivity index (χ1v) is 13.3. The van der Waals surface area contributed by atoms with Crippen LogP contribution in [0.1, 0.15) is 54.4 Å². The van der Waals surface area contributed by atoms with Crippen molar-refractivity contribution in [3.05, 3.63) is 137 Å². The molecule has 0 heterocycles. The zero-order chi connectivity index (χ0) is 24.1. The van der Waals surface area contributed by atoms with E-state index in [1.807, 2.05) is 0 Å². The smallest absolute Gasteiger partial charge is 0.00733 e. The lowest BCUT2D eigenvalue weighted by molar-refractivity contribution is 0.831. The Morgan fingerprint density at radius 2 is 1.44 bits per heavy atom. The molecular formula is C36H30. The number of benzene rings is 5. The lowest BCUT2D eigenvalue weighted by Gasteiger charge is -2.25. The van der Waals surface area contributed by atoms with Crippen molar-refractivity contribution in [2.45, 2.75) is 38.5 Å². The van der Waals surface area contributed by atoms with Gasteiger partial charge in [0.2, 0.25) is 0 Å². The molecule has 0 N–H and O–H groups in total. The van der Waals surface area contributed by atoms with Crippen LogP contribution in [0.4, 0.5) is 0 Å². The second-order valence-electron chi connectivity index (χ2n) is 10.4. The Balaban J connectivity index is 1.41. The maximum Gasteiger partial charge on any atom is 0.00733 e. The molecule has 0 radical (unpaired) electrons. The highest BCUT2D eigenvalue weighted by molar-refractivity contribution is 5.98. The minimum atomic E-state index is 0.301. The first-order valence-electron chi connectivity index (χ1n) is 13.3. The van der Waals surface area contributed by atoms with Gasteiger partial charge in [0, 0.05) is 5.92 Å². The van der Waals surface area contributed by atoms with Crippen molar-refractivity contribution in [3.63, 3.8) is 0 Å². The molecule has 36 heavy (non-hydrogen) atoms. The van der Waals surface area contributed by atoms with E-state index in [-0.39, 0.29) is 0 Å². The molecule has 0 bridgehead atoms. The molecule has 0 aliphatic heterocycles. The number of hydrogen-bond donors (Lipinski definition) is 0. The van der Waals surface area contributed by atoms with Gasteiger partial charge >= 0.3 is 0 Å². The average molecular weight is 463 g/mol. The molecule has 5 aromatic rings. The Hall–Kier alpha value is -3.90. The summed E-state index contributed by atoms with van der Waals surface area (Å²) in [6.45, 7) is 2.35. The van der Waals surface area contributed by atoms with Crippen molar-refractivity contribution in [3.8, 4) is 11.1 Å². The second kappa shape index (κ2) is 8.64. The molecule has 0 heteroatoms. The molecule has 0 fully saturated rings. The van der Waals surface area contributed by atoms with Crippen LogP contribution in [0.25, 0.3) is 38.2 Å². The standard InChI is InChI=1S/C36H30/c1-24(25-9-3-2-4-10-25)36-32-14-8-6-12-27(32)15-20-33(36)29-17-19-31-28(23-29)18-22-34-30-13-7-5-11-26(30)16-21-35(31)34/h2-4,6-10,12-15,17-20,22-24H,5,11,16,21H2,1H3. The predicted molar refractivity (Wildman–Crippen MR) is 154 cm³/mol. The van der Waals surface area contributed by atoms with E-state index in [0.717, 1.165) is 6.42 Å². The van der Waals surface area contributed by atoms with Crippen LogP contribution in [-0.2, 0) is 6.42 Å². The summed E-state index contributed by atoms with van der Waals surface area (Å²) in [4.78, 5) is 0. The van der Waals surface area contributed by atoms with E-state index in [4.69, 9.17) is 0 Å². The molecule has 0 saturated heterocycles. The summed E-state index contributed by atoms with van der Waals surface area (Å²) < 4.78 is 0. The Kier molecular flexibility index (Phi) is 5.13. The number of fused-ring (bicyclic) bond motifs is 5. The minimum Gasteiger partial charge on any atom is -0.0836 e. The lowest BCUT2D eigenvalue weighted by atomic mass is 9.79. The summed E-state index contributed by atoms with van der Waals surface area (Å²) >= 11 is 0. The van der Waals surface area contributed by atoms with Gasteiger partial charge in [-0.15, -0.1) is 0 Å². The quantitative estimate of drug-likeness (QED) is 0.250. The third-order valence-corrected chi connectivity index (χ3v) is 8.39. The molecule has 1 atom stereocenters. The molecule has 0 aromatic heterocycles. The van der Waals surface area contributed by atoms with Gasteiger partial charge in [0.1, 0.15) is 0 Å². The van der Waals surface area contributed by atoms with Crippen molar-refractivity contribution in [2.24, 2.45) is 0 Å². The summed E-state index contributed by atoms with van der Waals surface area (Å²) in [5.74, 6) is 0.301. The fraction of sp³-hybridized carbons (Fsp3) is 0.167. The van der Waals surface area contributed by atoms with Crippen molar-refractivity contribution in [2.75, 3.05) is 0 Å². The van der Waals surface area contributed by atoms with Gasteiger partial charge in [-0.25, -0.2) is 0 Å². The summed E-state index contributed by atoms with van der Waals surface area (Å²) in [5, 5.41) is 5.42. The van der Waals surface area contributed by atoms with E-state index in [1.165, 1.54) is 79.8 Å². The Labute approximate surface area is 213 Å². The van der Waals surface area contributed by atoms with Gasteiger partial charge in [0.05, 0.1) is 0 Å². The molecular weight excluding hydrogens is 432 g/mol. The van der Waals surface area contributed by atoms with Gasteiger partial charge in [-0.1, -0.05) is 116 Å². The van der Waals surface area contributed by atoms with E-state index in [1.54, 1.807) is 5.57 Å². The number of allylic oxidation sites excluding steroid dienone is 4. The molecule has 7 rings (SSSR count). The zero-order valence-corrected chi connectivity index (χ0v) is 20.8. The van der Waals surface area contributed by atoms with Crippen LogP contribution in [0, 0.1) is 0 Å². The number of rotatable bonds is 3. The topological polar surface area (TPSA) is 0 Å². The van der Waals surface area contributed by atoms with Crippen LogP contribution < -0.4 is 0 Å². The highest BCUT2D eigenvalue weighted by Crippen LogP contribution is 2.42.